The minimum Gasteiger partial charge on any atom is -0.364 e. The molecule has 0 aliphatic carbocycles. The second kappa shape index (κ2) is 6.86. The highest BCUT2D eigenvalue weighted by molar-refractivity contribution is 8.00. The van der Waals surface area contributed by atoms with E-state index in [2.05, 4.69) is 39.2 Å². The number of hydrogen-bond donors (Lipinski definition) is 1. The molecule has 0 bridgehead atoms. The number of fused-ring (bicyclic) bond motifs is 1. The molecule has 1 atom stereocenters. The standard InChI is InChI=1S/C19H20N6OS/c1-24-5-2-3-15(11-24)27-16-7-13-4-6-25(18(13)20-9-16)19-21-10-17(23-19)14-8-22-26-12-14/h4,6-10,12,15H,2-3,5,11H2,1H3,(H,21,23). The summed E-state index contributed by atoms with van der Waals surface area (Å²) in [7, 11) is 2.20. The number of thioether (sulfide) groups is 1. The van der Waals surface area contributed by atoms with E-state index in [1.54, 1.807) is 18.7 Å². The summed E-state index contributed by atoms with van der Waals surface area (Å²) >= 11 is 1.94. The quantitative estimate of drug-likeness (QED) is 0.583. The van der Waals surface area contributed by atoms with Crippen molar-refractivity contribution in [1.82, 2.24) is 29.6 Å². The van der Waals surface area contributed by atoms with Gasteiger partial charge in [0.1, 0.15) is 11.9 Å². The maximum Gasteiger partial charge on any atom is 0.213 e. The number of H-pyrrole nitrogens is 1. The molecule has 1 saturated heterocycles. The van der Waals surface area contributed by atoms with E-state index >= 15 is 0 Å². The lowest BCUT2D eigenvalue weighted by molar-refractivity contribution is 0.283. The number of nitrogens with zero attached hydrogens (tertiary/aromatic N) is 5. The Bertz CT molecular complexity index is 1050. The third kappa shape index (κ3) is 3.26. The van der Waals surface area contributed by atoms with Gasteiger partial charge >= 0.3 is 0 Å². The Hall–Kier alpha value is -2.58. The van der Waals surface area contributed by atoms with Gasteiger partial charge in [-0.1, -0.05) is 5.16 Å². The summed E-state index contributed by atoms with van der Waals surface area (Å²) in [5, 5.41) is 5.49. The number of aromatic amines is 1. The summed E-state index contributed by atoms with van der Waals surface area (Å²) < 4.78 is 6.87. The first-order valence-electron chi connectivity index (χ1n) is 9.04. The number of rotatable bonds is 4. The van der Waals surface area contributed by atoms with Crippen molar-refractivity contribution in [2.24, 2.45) is 0 Å². The van der Waals surface area contributed by atoms with Crippen LogP contribution in [0.5, 0.6) is 0 Å². The number of imidazole rings is 1. The van der Waals surface area contributed by atoms with Crippen molar-refractivity contribution in [3.8, 4) is 17.2 Å². The summed E-state index contributed by atoms with van der Waals surface area (Å²) in [5.74, 6) is 0.725. The molecule has 0 spiro atoms. The van der Waals surface area contributed by atoms with E-state index in [-0.39, 0.29) is 0 Å². The predicted molar refractivity (Wildman–Crippen MR) is 105 cm³/mol. The fraction of sp³-hybridized carbons (Fsp3) is 0.316. The average Bonchev–Trinajstić information content (AvgIpc) is 3.41. The Balaban J connectivity index is 1.40. The maximum absolute atomic E-state index is 4.90. The highest BCUT2D eigenvalue weighted by Crippen LogP contribution is 2.31. The van der Waals surface area contributed by atoms with Crippen LogP contribution in [0.25, 0.3) is 28.2 Å². The van der Waals surface area contributed by atoms with E-state index in [1.807, 2.05) is 28.7 Å². The molecule has 8 heteroatoms. The lowest BCUT2D eigenvalue weighted by Gasteiger charge is -2.29. The summed E-state index contributed by atoms with van der Waals surface area (Å²) in [4.78, 5) is 16.1. The normalized spacial score (nSPS) is 18.3. The number of nitrogens with one attached hydrogen (secondary N) is 1. The molecule has 1 aliphatic heterocycles. The lowest BCUT2D eigenvalue weighted by Crippen LogP contribution is -2.33. The highest BCUT2D eigenvalue weighted by atomic mass is 32.2. The van der Waals surface area contributed by atoms with Gasteiger partial charge in [-0.3, -0.25) is 4.57 Å². The van der Waals surface area contributed by atoms with Crippen LogP contribution in [0.2, 0.25) is 0 Å². The van der Waals surface area contributed by atoms with Gasteiger partial charge in [-0.2, -0.15) is 0 Å². The molecule has 4 aromatic heterocycles. The van der Waals surface area contributed by atoms with Crippen LogP contribution in [-0.4, -0.2) is 55.0 Å². The zero-order valence-electron chi connectivity index (χ0n) is 15.0. The lowest BCUT2D eigenvalue weighted by atomic mass is 10.1. The molecule has 0 amide bonds. The third-order valence-electron chi connectivity index (χ3n) is 4.92. The van der Waals surface area contributed by atoms with Gasteiger partial charge in [0.05, 0.1) is 23.7 Å². The van der Waals surface area contributed by atoms with Gasteiger partial charge in [-0.15, -0.1) is 11.8 Å². The van der Waals surface area contributed by atoms with Gasteiger partial charge < -0.3 is 14.4 Å². The van der Waals surface area contributed by atoms with Gasteiger partial charge in [0, 0.05) is 34.5 Å². The van der Waals surface area contributed by atoms with Crippen LogP contribution in [0.15, 0.2) is 52.6 Å². The Morgan fingerprint density at radius 2 is 2.22 bits per heavy atom. The Kier molecular flexibility index (Phi) is 4.21. The van der Waals surface area contributed by atoms with Gasteiger partial charge in [-0.05, 0) is 38.6 Å². The van der Waals surface area contributed by atoms with Crippen molar-refractivity contribution in [2.45, 2.75) is 23.0 Å². The van der Waals surface area contributed by atoms with Crippen molar-refractivity contribution in [2.75, 3.05) is 20.1 Å². The minimum atomic E-state index is 0.640. The molecule has 0 aromatic carbocycles. The van der Waals surface area contributed by atoms with E-state index in [9.17, 15) is 0 Å². The smallest absolute Gasteiger partial charge is 0.213 e. The van der Waals surface area contributed by atoms with Gasteiger partial charge in [0.2, 0.25) is 5.95 Å². The number of piperidine rings is 1. The van der Waals surface area contributed by atoms with E-state index in [1.165, 1.54) is 24.3 Å². The van der Waals surface area contributed by atoms with E-state index in [0.29, 0.717) is 5.25 Å². The van der Waals surface area contributed by atoms with Crippen molar-refractivity contribution in [1.29, 1.82) is 0 Å². The first-order valence-corrected chi connectivity index (χ1v) is 9.92. The van der Waals surface area contributed by atoms with Crippen LogP contribution in [-0.2, 0) is 0 Å². The molecule has 0 saturated carbocycles. The van der Waals surface area contributed by atoms with Crippen molar-refractivity contribution in [3.63, 3.8) is 0 Å². The molecule has 1 unspecified atom stereocenters. The molecule has 1 fully saturated rings. The third-order valence-corrected chi connectivity index (χ3v) is 6.13. The van der Waals surface area contributed by atoms with E-state index in [4.69, 9.17) is 9.51 Å². The summed E-state index contributed by atoms with van der Waals surface area (Å²) in [6.45, 7) is 2.35. The second-order valence-corrected chi connectivity index (χ2v) is 8.32. The largest absolute Gasteiger partial charge is 0.364 e. The van der Waals surface area contributed by atoms with Gasteiger partial charge in [0.25, 0.3) is 0 Å². The van der Waals surface area contributed by atoms with Crippen molar-refractivity contribution in [3.05, 3.63) is 43.2 Å². The van der Waals surface area contributed by atoms with Crippen LogP contribution < -0.4 is 0 Å². The molecular weight excluding hydrogens is 360 g/mol. The van der Waals surface area contributed by atoms with E-state index < -0.39 is 0 Å². The number of likely N-dealkylation sites (tertiary alicyclic amines) is 1. The molecule has 1 N–H and O–H groups in total. The average molecular weight is 380 g/mol. The molecule has 138 valence electrons. The SMILES string of the molecule is CN1CCCC(Sc2cnc3c(ccn3-c3ncc(-c4cnoc4)[nH]3)c2)C1. The summed E-state index contributed by atoms with van der Waals surface area (Å²) in [6, 6.07) is 4.31. The number of pyridine rings is 1. The molecule has 4 aromatic rings. The van der Waals surface area contributed by atoms with Crippen LogP contribution in [0.3, 0.4) is 0 Å². The van der Waals surface area contributed by atoms with Crippen LogP contribution in [0.1, 0.15) is 12.8 Å². The minimum absolute atomic E-state index is 0.640. The Labute approximate surface area is 160 Å². The zero-order valence-corrected chi connectivity index (χ0v) is 15.8. The molecule has 7 nitrogen and oxygen atoms in total. The Morgan fingerprint density at radius 3 is 3.07 bits per heavy atom. The Morgan fingerprint density at radius 1 is 1.26 bits per heavy atom. The van der Waals surface area contributed by atoms with Crippen LogP contribution in [0, 0.1) is 0 Å². The molecular formula is C19H20N6OS. The monoisotopic (exact) mass is 380 g/mol. The van der Waals surface area contributed by atoms with Crippen LogP contribution in [0.4, 0.5) is 0 Å². The van der Waals surface area contributed by atoms with Gasteiger partial charge in [-0.25, -0.2) is 9.97 Å². The maximum atomic E-state index is 4.90. The summed E-state index contributed by atoms with van der Waals surface area (Å²) in [6.07, 6.45) is 11.5. The van der Waals surface area contributed by atoms with Crippen molar-refractivity contribution >= 4 is 22.8 Å². The molecule has 0 radical (unpaired) electrons. The van der Waals surface area contributed by atoms with Gasteiger partial charge in [0.15, 0.2) is 0 Å². The van der Waals surface area contributed by atoms with Crippen LogP contribution >= 0.6 is 11.8 Å². The highest BCUT2D eigenvalue weighted by Gasteiger charge is 2.19. The van der Waals surface area contributed by atoms with E-state index in [0.717, 1.165) is 34.8 Å². The number of hydrogen-bond acceptors (Lipinski definition) is 6. The topological polar surface area (TPSA) is 75.8 Å². The molecule has 5 rings (SSSR count). The summed E-state index contributed by atoms with van der Waals surface area (Å²) in [5.41, 5.74) is 2.63. The fourth-order valence-corrected chi connectivity index (χ4v) is 4.87. The molecule has 1 aliphatic rings. The molecule has 5 heterocycles. The first-order chi connectivity index (χ1) is 13.3. The molecule has 27 heavy (non-hydrogen) atoms. The van der Waals surface area contributed by atoms with Crippen molar-refractivity contribution < 1.29 is 4.52 Å². The fourth-order valence-electron chi connectivity index (χ4n) is 3.56. The number of aromatic nitrogens is 5. The first kappa shape index (κ1) is 16.6. The predicted octanol–water partition coefficient (Wildman–Crippen LogP) is 3.59. The second-order valence-electron chi connectivity index (χ2n) is 6.95. The zero-order chi connectivity index (χ0) is 18.2.